The molecule has 0 aromatic rings. The molecule has 0 radical (unpaired) electrons. The highest BCUT2D eigenvalue weighted by Gasteiger charge is 2.20. The van der Waals surface area contributed by atoms with Crippen LogP contribution in [0.15, 0.2) is 12.2 Å². The van der Waals surface area contributed by atoms with E-state index in [4.69, 9.17) is 14.2 Å². The van der Waals surface area contributed by atoms with E-state index in [1.54, 1.807) is 0 Å². The predicted octanol–water partition coefficient (Wildman–Crippen LogP) is 26.3. The van der Waals surface area contributed by atoms with E-state index in [1.807, 2.05) is 0 Å². The first-order chi connectivity index (χ1) is 41.0. The van der Waals surface area contributed by atoms with Gasteiger partial charge in [-0.05, 0) is 44.9 Å². The Kier molecular flexibility index (Phi) is 71.0. The Morgan fingerprint density at radius 2 is 0.398 bits per heavy atom. The lowest BCUT2D eigenvalue weighted by atomic mass is 10.0. The average molecular weight is 1170 g/mol. The van der Waals surface area contributed by atoms with Gasteiger partial charge in [0.1, 0.15) is 13.2 Å². The van der Waals surface area contributed by atoms with E-state index < -0.39 is 6.10 Å². The Balaban J connectivity index is 4.15. The number of hydrogen-bond acceptors (Lipinski definition) is 6. The van der Waals surface area contributed by atoms with Crippen LogP contribution in [0.3, 0.4) is 0 Å². The Morgan fingerprint density at radius 3 is 0.602 bits per heavy atom. The van der Waals surface area contributed by atoms with Crippen molar-refractivity contribution < 1.29 is 28.6 Å². The van der Waals surface area contributed by atoms with E-state index in [0.29, 0.717) is 19.3 Å². The second-order valence-electron chi connectivity index (χ2n) is 26.3. The van der Waals surface area contributed by atoms with Gasteiger partial charge in [0, 0.05) is 19.3 Å². The number of unbranched alkanes of at least 4 members (excludes halogenated alkanes) is 59. The number of esters is 3. The van der Waals surface area contributed by atoms with Crippen molar-refractivity contribution in [1.82, 2.24) is 0 Å². The highest BCUT2D eigenvalue weighted by Crippen LogP contribution is 2.20. The van der Waals surface area contributed by atoms with E-state index >= 15 is 0 Å². The lowest BCUT2D eigenvalue weighted by Gasteiger charge is -2.18. The number of carbonyl (C=O) groups excluding carboxylic acids is 3. The van der Waals surface area contributed by atoms with Crippen LogP contribution in [0, 0.1) is 0 Å². The van der Waals surface area contributed by atoms with Gasteiger partial charge in [0.25, 0.3) is 0 Å². The molecule has 0 aliphatic heterocycles. The van der Waals surface area contributed by atoms with Gasteiger partial charge in [0.15, 0.2) is 6.10 Å². The molecule has 0 amide bonds. The summed E-state index contributed by atoms with van der Waals surface area (Å²) in [5.41, 5.74) is 0. The zero-order valence-electron chi connectivity index (χ0n) is 56.8. The lowest BCUT2D eigenvalue weighted by molar-refractivity contribution is -0.167. The number of allylic oxidation sites excluding steroid dienone is 2. The van der Waals surface area contributed by atoms with Crippen molar-refractivity contribution >= 4 is 17.9 Å². The number of ether oxygens (including phenoxy) is 3. The maximum Gasteiger partial charge on any atom is 0.306 e. The molecular formula is C77H148O6. The molecule has 1 atom stereocenters. The number of carbonyl (C=O) groups is 3. The fourth-order valence-electron chi connectivity index (χ4n) is 12.0. The Labute approximate surface area is 520 Å². The van der Waals surface area contributed by atoms with Crippen molar-refractivity contribution in [3.63, 3.8) is 0 Å². The van der Waals surface area contributed by atoms with E-state index in [-0.39, 0.29) is 31.1 Å². The average Bonchev–Trinajstić information content (AvgIpc) is 3.49. The topological polar surface area (TPSA) is 78.9 Å². The van der Waals surface area contributed by atoms with Crippen LogP contribution in [0.1, 0.15) is 445 Å². The summed E-state index contributed by atoms with van der Waals surface area (Å²) in [6, 6.07) is 0. The summed E-state index contributed by atoms with van der Waals surface area (Å²) in [4.78, 5) is 38.5. The molecule has 0 bridgehead atoms. The maximum atomic E-state index is 13.0. The third-order valence-corrected chi connectivity index (χ3v) is 17.8. The van der Waals surface area contributed by atoms with Crippen molar-refractivity contribution in [3.8, 4) is 0 Å². The second-order valence-corrected chi connectivity index (χ2v) is 26.3. The van der Waals surface area contributed by atoms with Crippen molar-refractivity contribution in [2.75, 3.05) is 13.2 Å². The van der Waals surface area contributed by atoms with Gasteiger partial charge in [-0.2, -0.15) is 0 Å². The van der Waals surface area contributed by atoms with Crippen LogP contribution in [-0.4, -0.2) is 37.2 Å². The van der Waals surface area contributed by atoms with Crippen LogP contribution in [0.5, 0.6) is 0 Å². The molecule has 0 aromatic carbocycles. The first-order valence-electron chi connectivity index (χ1n) is 38.2. The Bertz CT molecular complexity index is 1300. The van der Waals surface area contributed by atoms with Gasteiger partial charge < -0.3 is 14.2 Å². The number of rotatable bonds is 72. The van der Waals surface area contributed by atoms with Crippen LogP contribution in [0.2, 0.25) is 0 Å². The molecule has 492 valence electrons. The minimum atomic E-state index is -0.765. The fraction of sp³-hybridized carbons (Fsp3) is 0.935. The SMILES string of the molecule is CCCCCCCCCC/C=C\CCCCCCCCCCCCCCCCCCCCCC(=O)OCC(COC(=O)CCCCCCCCCCCCCCCCC)OC(=O)CCCCCCCCCCCCCCCCCCCCC. The molecule has 0 aromatic heterocycles. The van der Waals surface area contributed by atoms with E-state index in [0.717, 1.165) is 57.8 Å². The van der Waals surface area contributed by atoms with Gasteiger partial charge in [0.2, 0.25) is 0 Å². The first kappa shape index (κ1) is 81.2. The van der Waals surface area contributed by atoms with E-state index in [9.17, 15) is 14.4 Å². The van der Waals surface area contributed by atoms with Gasteiger partial charge in [-0.15, -0.1) is 0 Å². The summed E-state index contributed by atoms with van der Waals surface area (Å²) in [5, 5.41) is 0. The highest BCUT2D eigenvalue weighted by atomic mass is 16.6. The van der Waals surface area contributed by atoms with Crippen molar-refractivity contribution in [2.45, 2.75) is 451 Å². The maximum absolute atomic E-state index is 13.0. The molecule has 0 heterocycles. The predicted molar refractivity (Wildman–Crippen MR) is 363 cm³/mol. The Morgan fingerprint density at radius 1 is 0.229 bits per heavy atom. The lowest BCUT2D eigenvalue weighted by Crippen LogP contribution is -2.30. The minimum Gasteiger partial charge on any atom is -0.462 e. The molecular weight excluding hydrogens is 1020 g/mol. The zero-order chi connectivity index (χ0) is 59.9. The molecule has 1 unspecified atom stereocenters. The molecule has 0 saturated carbocycles. The quantitative estimate of drug-likeness (QED) is 0.0261. The molecule has 6 heteroatoms. The summed E-state index contributed by atoms with van der Waals surface area (Å²) in [6.45, 7) is 6.74. The number of hydrogen-bond donors (Lipinski definition) is 0. The van der Waals surface area contributed by atoms with Gasteiger partial charge in [-0.3, -0.25) is 14.4 Å². The standard InChI is InChI=1S/C77H148O6/c1-4-7-10-13-16-19-22-25-28-30-32-33-34-35-36-37-38-39-40-41-42-43-45-46-49-52-55-58-61-64-67-70-76(79)82-73-74(72-81-75(78)69-66-63-60-57-54-51-48-27-24-21-18-15-12-9-6-3)83-77(80)71-68-65-62-59-56-53-50-47-44-31-29-26-23-20-17-14-11-8-5-2/h30,32,74H,4-29,31,33-73H2,1-3H3/b32-30-. The highest BCUT2D eigenvalue weighted by molar-refractivity contribution is 5.71. The summed E-state index contributed by atoms with van der Waals surface area (Å²) in [7, 11) is 0. The van der Waals surface area contributed by atoms with Gasteiger partial charge in [-0.1, -0.05) is 392 Å². The minimum absolute atomic E-state index is 0.0614. The third-order valence-electron chi connectivity index (χ3n) is 17.8. The molecule has 0 rings (SSSR count). The zero-order valence-corrected chi connectivity index (χ0v) is 56.8. The molecule has 0 aliphatic carbocycles. The van der Waals surface area contributed by atoms with E-state index in [1.165, 1.54) is 347 Å². The molecule has 0 saturated heterocycles. The van der Waals surface area contributed by atoms with Gasteiger partial charge in [0.05, 0.1) is 0 Å². The van der Waals surface area contributed by atoms with E-state index in [2.05, 4.69) is 32.9 Å². The molecule has 0 spiro atoms. The monoisotopic (exact) mass is 1170 g/mol. The van der Waals surface area contributed by atoms with Crippen molar-refractivity contribution in [2.24, 2.45) is 0 Å². The van der Waals surface area contributed by atoms with Gasteiger partial charge in [-0.25, -0.2) is 0 Å². The van der Waals surface area contributed by atoms with Crippen molar-refractivity contribution in [3.05, 3.63) is 12.2 Å². The smallest absolute Gasteiger partial charge is 0.306 e. The second kappa shape index (κ2) is 72.6. The summed E-state index contributed by atoms with van der Waals surface area (Å²) >= 11 is 0. The molecule has 0 N–H and O–H groups in total. The van der Waals surface area contributed by atoms with Crippen LogP contribution >= 0.6 is 0 Å². The molecule has 0 fully saturated rings. The summed E-state index contributed by atoms with van der Waals surface area (Å²) < 4.78 is 17.0. The normalized spacial score (nSPS) is 12.0. The molecule has 0 aliphatic rings. The van der Waals surface area contributed by atoms with Gasteiger partial charge >= 0.3 is 17.9 Å². The first-order valence-corrected chi connectivity index (χ1v) is 38.2. The summed E-state index contributed by atoms with van der Waals surface area (Å²) in [6.07, 6.45) is 88.4. The van der Waals surface area contributed by atoms with Crippen LogP contribution in [0.4, 0.5) is 0 Å². The third kappa shape index (κ3) is 70.8. The van der Waals surface area contributed by atoms with Crippen LogP contribution in [0.25, 0.3) is 0 Å². The largest absolute Gasteiger partial charge is 0.462 e. The van der Waals surface area contributed by atoms with Crippen LogP contribution < -0.4 is 0 Å². The molecule has 83 heavy (non-hydrogen) atoms. The summed E-state index contributed by atoms with van der Waals surface area (Å²) in [5.74, 6) is -0.820. The van der Waals surface area contributed by atoms with Crippen molar-refractivity contribution in [1.29, 1.82) is 0 Å². The fourth-order valence-corrected chi connectivity index (χ4v) is 12.0. The van der Waals surface area contributed by atoms with Crippen LogP contribution in [-0.2, 0) is 28.6 Å². The molecule has 6 nitrogen and oxygen atoms in total. The Hall–Kier alpha value is -1.85.